The van der Waals surface area contributed by atoms with Gasteiger partial charge in [-0.05, 0) is 43.3 Å². The fourth-order valence-corrected chi connectivity index (χ4v) is 4.53. The van der Waals surface area contributed by atoms with E-state index in [9.17, 15) is 28.1 Å². The van der Waals surface area contributed by atoms with Gasteiger partial charge in [0.25, 0.3) is 21.6 Å². The Bertz CT molecular complexity index is 1510. The SMILES string of the molecule is C[C@@H](OC(=O)c1ccccc1NS(=O)(=O)c1ccc(Cl)c([N+](=O)[O-])c1)C(=O)Nc1ccc2c(c1)OCO2. The van der Waals surface area contributed by atoms with E-state index in [0.717, 1.165) is 18.2 Å². The summed E-state index contributed by atoms with van der Waals surface area (Å²) in [5.74, 6) is -0.633. The minimum absolute atomic E-state index is 0.0683. The number of nitro benzene ring substituents is 1. The first-order valence-corrected chi connectivity index (χ1v) is 12.4. The largest absolute Gasteiger partial charge is 0.454 e. The predicted octanol–water partition coefficient (Wildman–Crippen LogP) is 3.96. The first-order chi connectivity index (χ1) is 17.5. The van der Waals surface area contributed by atoms with Crippen molar-refractivity contribution in [3.05, 3.63) is 81.4 Å². The molecule has 1 amide bonds. The molecule has 3 aromatic carbocycles. The molecule has 14 heteroatoms. The molecule has 0 saturated heterocycles. The number of hydrogen-bond acceptors (Lipinski definition) is 9. The lowest BCUT2D eigenvalue weighted by Crippen LogP contribution is -2.30. The third-order valence-corrected chi connectivity index (χ3v) is 6.79. The zero-order valence-electron chi connectivity index (χ0n) is 19.0. The lowest BCUT2D eigenvalue weighted by molar-refractivity contribution is -0.384. The van der Waals surface area contributed by atoms with Crippen LogP contribution in [0.1, 0.15) is 17.3 Å². The quantitative estimate of drug-likeness (QED) is 0.241. The number of ether oxygens (including phenoxy) is 3. The molecule has 3 aromatic rings. The molecule has 0 fully saturated rings. The normalized spacial score (nSPS) is 12.9. The van der Waals surface area contributed by atoms with Gasteiger partial charge in [0.2, 0.25) is 6.79 Å². The van der Waals surface area contributed by atoms with Crippen LogP contribution < -0.4 is 19.5 Å². The fourth-order valence-electron chi connectivity index (χ4n) is 3.25. The van der Waals surface area contributed by atoms with Crippen molar-refractivity contribution in [1.82, 2.24) is 0 Å². The van der Waals surface area contributed by atoms with Crippen LogP contribution in [-0.2, 0) is 19.6 Å². The Labute approximate surface area is 215 Å². The summed E-state index contributed by atoms with van der Waals surface area (Å²) >= 11 is 5.76. The number of nitro groups is 1. The van der Waals surface area contributed by atoms with Crippen LogP contribution in [-0.4, -0.2) is 38.1 Å². The van der Waals surface area contributed by atoms with E-state index in [4.69, 9.17) is 25.8 Å². The van der Waals surface area contributed by atoms with E-state index < -0.39 is 43.5 Å². The maximum atomic E-state index is 12.9. The molecule has 1 atom stereocenters. The lowest BCUT2D eigenvalue weighted by atomic mass is 10.2. The van der Waals surface area contributed by atoms with Gasteiger partial charge in [-0.1, -0.05) is 23.7 Å². The highest BCUT2D eigenvalue weighted by atomic mass is 35.5. The van der Waals surface area contributed by atoms with Crippen molar-refractivity contribution in [2.24, 2.45) is 0 Å². The number of fused-ring (bicyclic) bond motifs is 1. The van der Waals surface area contributed by atoms with Gasteiger partial charge in [0.05, 0.1) is 21.1 Å². The Hall–Kier alpha value is -4.36. The molecule has 0 spiro atoms. The second-order valence-corrected chi connectivity index (χ2v) is 9.72. The summed E-state index contributed by atoms with van der Waals surface area (Å²) in [6.45, 7) is 1.42. The smallest absolute Gasteiger partial charge is 0.341 e. The second kappa shape index (κ2) is 10.3. The van der Waals surface area contributed by atoms with E-state index >= 15 is 0 Å². The first kappa shape index (κ1) is 25.7. The Morgan fingerprint density at radius 3 is 2.57 bits per heavy atom. The highest BCUT2D eigenvalue weighted by Crippen LogP contribution is 2.34. The van der Waals surface area contributed by atoms with Crippen LogP contribution in [0.3, 0.4) is 0 Å². The molecule has 0 unspecified atom stereocenters. The molecule has 0 bridgehead atoms. The number of para-hydroxylation sites is 1. The average molecular weight is 548 g/mol. The number of carbonyl (C=O) groups is 2. The molecule has 0 saturated carbocycles. The third-order valence-electron chi connectivity index (χ3n) is 5.11. The van der Waals surface area contributed by atoms with Crippen LogP contribution in [0, 0.1) is 10.1 Å². The van der Waals surface area contributed by atoms with E-state index in [-0.39, 0.29) is 23.1 Å². The summed E-state index contributed by atoms with van der Waals surface area (Å²) < 4.78 is 43.7. The van der Waals surface area contributed by atoms with Gasteiger partial charge >= 0.3 is 5.97 Å². The number of esters is 1. The number of amides is 1. The maximum Gasteiger partial charge on any atom is 0.341 e. The summed E-state index contributed by atoms with van der Waals surface area (Å²) in [6.07, 6.45) is -1.25. The molecule has 0 radical (unpaired) electrons. The molecular weight excluding hydrogens is 530 g/mol. The Morgan fingerprint density at radius 2 is 1.81 bits per heavy atom. The van der Waals surface area contributed by atoms with Crippen LogP contribution >= 0.6 is 11.6 Å². The average Bonchev–Trinajstić information content (AvgIpc) is 3.32. The Balaban J connectivity index is 1.48. The zero-order valence-corrected chi connectivity index (χ0v) is 20.5. The number of sulfonamides is 1. The van der Waals surface area contributed by atoms with Crippen molar-refractivity contribution in [3.8, 4) is 11.5 Å². The molecule has 2 N–H and O–H groups in total. The van der Waals surface area contributed by atoms with Gasteiger partial charge < -0.3 is 19.5 Å². The Morgan fingerprint density at radius 1 is 1.08 bits per heavy atom. The van der Waals surface area contributed by atoms with Gasteiger partial charge in [0.1, 0.15) is 5.02 Å². The summed E-state index contributed by atoms with van der Waals surface area (Å²) in [4.78, 5) is 35.2. The van der Waals surface area contributed by atoms with Crippen molar-refractivity contribution in [2.75, 3.05) is 16.8 Å². The monoisotopic (exact) mass is 547 g/mol. The summed E-state index contributed by atoms with van der Waals surface area (Å²) in [5, 5.41) is 13.5. The van der Waals surface area contributed by atoms with Gasteiger partial charge in [0, 0.05) is 17.8 Å². The van der Waals surface area contributed by atoms with Crippen LogP contribution in [0.4, 0.5) is 17.1 Å². The number of nitrogens with zero attached hydrogens (tertiary/aromatic N) is 1. The highest BCUT2D eigenvalue weighted by molar-refractivity contribution is 7.92. The van der Waals surface area contributed by atoms with Crippen LogP contribution in [0.5, 0.6) is 11.5 Å². The molecule has 192 valence electrons. The summed E-state index contributed by atoms with van der Waals surface area (Å²) in [7, 11) is -4.35. The lowest BCUT2D eigenvalue weighted by Gasteiger charge is -2.16. The van der Waals surface area contributed by atoms with Gasteiger partial charge in [-0.25, -0.2) is 13.2 Å². The summed E-state index contributed by atoms with van der Waals surface area (Å²) in [6, 6.07) is 13.3. The first-order valence-electron chi connectivity index (χ1n) is 10.5. The van der Waals surface area contributed by atoms with E-state index in [2.05, 4.69) is 10.0 Å². The van der Waals surface area contributed by atoms with Crippen LogP contribution in [0.2, 0.25) is 5.02 Å². The molecule has 1 aliphatic rings. The molecule has 37 heavy (non-hydrogen) atoms. The van der Waals surface area contributed by atoms with Crippen LogP contribution in [0.25, 0.3) is 0 Å². The maximum absolute atomic E-state index is 12.9. The van der Waals surface area contributed by atoms with Crippen molar-refractivity contribution in [1.29, 1.82) is 0 Å². The van der Waals surface area contributed by atoms with Gasteiger partial charge in [-0.3, -0.25) is 19.6 Å². The van der Waals surface area contributed by atoms with Gasteiger partial charge in [-0.15, -0.1) is 0 Å². The molecule has 0 aliphatic carbocycles. The number of hydrogen-bond donors (Lipinski definition) is 2. The topological polar surface area (TPSA) is 163 Å². The molecule has 1 heterocycles. The van der Waals surface area contributed by atoms with Crippen LogP contribution in [0.15, 0.2) is 65.6 Å². The number of anilines is 2. The second-order valence-electron chi connectivity index (χ2n) is 7.63. The van der Waals surface area contributed by atoms with Crippen molar-refractivity contribution in [3.63, 3.8) is 0 Å². The molecular formula is C23H18ClN3O9S. The number of rotatable bonds is 8. The molecule has 1 aliphatic heterocycles. The number of benzene rings is 3. The molecule has 0 aromatic heterocycles. The third kappa shape index (κ3) is 5.73. The fraction of sp³-hybridized carbons (Fsp3) is 0.130. The number of nitrogens with one attached hydrogen (secondary N) is 2. The van der Waals surface area contributed by atoms with E-state index in [1.807, 2.05) is 0 Å². The summed E-state index contributed by atoms with van der Waals surface area (Å²) in [5.41, 5.74) is -0.548. The Kier molecular flexibility index (Phi) is 7.18. The van der Waals surface area contributed by atoms with Crippen molar-refractivity contribution < 1.29 is 37.1 Å². The minimum Gasteiger partial charge on any atom is -0.454 e. The minimum atomic E-state index is -4.35. The molecule has 12 nitrogen and oxygen atoms in total. The predicted molar refractivity (Wildman–Crippen MR) is 131 cm³/mol. The number of halogens is 1. The van der Waals surface area contributed by atoms with Crippen molar-refractivity contribution >= 4 is 50.6 Å². The standard InChI is InChI=1S/C23H18ClN3O9S/c1-13(22(28)25-14-6-9-20-21(10-14)35-12-34-20)36-23(29)16-4-2-3-5-18(16)26-37(32,33)15-7-8-17(24)19(11-15)27(30)31/h2-11,13,26H,12H2,1H3,(H,25,28)/t13-/m1/s1. The van der Waals surface area contributed by atoms with Gasteiger partial charge in [-0.2, -0.15) is 0 Å². The zero-order chi connectivity index (χ0) is 26.7. The molecule has 4 rings (SSSR count). The van der Waals surface area contributed by atoms with Gasteiger partial charge in [0.15, 0.2) is 17.6 Å². The number of carbonyl (C=O) groups excluding carboxylic acids is 2. The van der Waals surface area contributed by atoms with E-state index in [1.54, 1.807) is 18.2 Å². The van der Waals surface area contributed by atoms with E-state index in [0.29, 0.717) is 17.2 Å². The van der Waals surface area contributed by atoms with E-state index in [1.165, 1.54) is 31.2 Å². The van der Waals surface area contributed by atoms with Crippen molar-refractivity contribution in [2.45, 2.75) is 17.9 Å². The highest BCUT2D eigenvalue weighted by Gasteiger charge is 2.25.